The second-order valence-electron chi connectivity index (χ2n) is 3.29. The molecule has 0 amide bonds. The summed E-state index contributed by atoms with van der Waals surface area (Å²) in [5.41, 5.74) is 5.84. The van der Waals surface area contributed by atoms with Crippen molar-refractivity contribution in [1.29, 1.82) is 0 Å². The van der Waals surface area contributed by atoms with E-state index in [4.69, 9.17) is 14.9 Å². The molecule has 0 radical (unpaired) electrons. The number of rotatable bonds is 4. The maximum atomic E-state index is 13.3. The van der Waals surface area contributed by atoms with E-state index in [0.29, 0.717) is 17.1 Å². The molecular weight excluding hydrogens is 209 g/mol. The van der Waals surface area contributed by atoms with Crippen molar-refractivity contribution in [3.05, 3.63) is 53.7 Å². The fourth-order valence-electron chi connectivity index (χ4n) is 1.42. The van der Waals surface area contributed by atoms with Gasteiger partial charge in [-0.05, 0) is 24.3 Å². The minimum Gasteiger partial charge on any atom is -0.485 e. The molecule has 4 heteroatoms. The monoisotopic (exact) mass is 221 g/mol. The molecule has 16 heavy (non-hydrogen) atoms. The van der Waals surface area contributed by atoms with Crippen LogP contribution in [-0.4, -0.2) is 0 Å². The van der Waals surface area contributed by atoms with E-state index < -0.39 is 0 Å². The number of hydrogen-bond acceptors (Lipinski definition) is 3. The summed E-state index contributed by atoms with van der Waals surface area (Å²) < 4.78 is 23.9. The van der Waals surface area contributed by atoms with Gasteiger partial charge in [0.25, 0.3) is 0 Å². The first-order valence-corrected chi connectivity index (χ1v) is 4.94. The molecule has 0 aliphatic rings. The van der Waals surface area contributed by atoms with Crippen LogP contribution < -0.4 is 10.5 Å². The molecule has 0 saturated heterocycles. The summed E-state index contributed by atoms with van der Waals surface area (Å²) in [7, 11) is 0. The molecule has 0 spiro atoms. The van der Waals surface area contributed by atoms with Crippen molar-refractivity contribution in [3.8, 4) is 5.75 Å². The molecule has 3 nitrogen and oxygen atoms in total. The van der Waals surface area contributed by atoms with Gasteiger partial charge in [0.15, 0.2) is 0 Å². The molecular formula is C12H12FNO2. The summed E-state index contributed by atoms with van der Waals surface area (Å²) in [6.45, 7) is 0.379. The van der Waals surface area contributed by atoms with Gasteiger partial charge in [0.2, 0.25) is 0 Å². The van der Waals surface area contributed by atoms with Crippen LogP contribution in [0.3, 0.4) is 0 Å². The van der Waals surface area contributed by atoms with E-state index in [1.54, 1.807) is 30.5 Å². The topological polar surface area (TPSA) is 48.4 Å². The zero-order chi connectivity index (χ0) is 11.4. The molecule has 0 aliphatic carbocycles. The van der Waals surface area contributed by atoms with Crippen LogP contribution in [0.5, 0.6) is 5.75 Å². The van der Waals surface area contributed by atoms with E-state index in [9.17, 15) is 4.39 Å². The number of furan rings is 1. The fraction of sp³-hybridized carbons (Fsp3) is 0.167. The van der Waals surface area contributed by atoms with Gasteiger partial charge in [0, 0.05) is 12.1 Å². The average Bonchev–Trinajstić information content (AvgIpc) is 2.79. The van der Waals surface area contributed by atoms with Crippen LogP contribution in [0.4, 0.5) is 4.39 Å². The summed E-state index contributed by atoms with van der Waals surface area (Å²) in [6.07, 6.45) is 1.56. The summed E-state index contributed by atoms with van der Waals surface area (Å²) >= 11 is 0. The van der Waals surface area contributed by atoms with Crippen molar-refractivity contribution >= 4 is 0 Å². The summed E-state index contributed by atoms with van der Waals surface area (Å²) in [5.74, 6) is 0.797. The summed E-state index contributed by atoms with van der Waals surface area (Å²) in [5, 5.41) is 0. The van der Waals surface area contributed by atoms with Crippen molar-refractivity contribution in [1.82, 2.24) is 0 Å². The number of ether oxygens (including phenoxy) is 1. The Bertz CT molecular complexity index is 454. The molecule has 0 aliphatic heterocycles. The van der Waals surface area contributed by atoms with Gasteiger partial charge >= 0.3 is 0 Å². The zero-order valence-corrected chi connectivity index (χ0v) is 8.65. The average molecular weight is 221 g/mol. The van der Waals surface area contributed by atoms with E-state index in [1.165, 1.54) is 6.07 Å². The van der Waals surface area contributed by atoms with Gasteiger partial charge in [-0.1, -0.05) is 6.07 Å². The van der Waals surface area contributed by atoms with Crippen molar-refractivity contribution < 1.29 is 13.5 Å². The van der Waals surface area contributed by atoms with Gasteiger partial charge in [-0.3, -0.25) is 0 Å². The lowest BCUT2D eigenvalue weighted by Crippen LogP contribution is -2.04. The summed E-state index contributed by atoms with van der Waals surface area (Å²) in [6, 6.07) is 8.21. The molecule has 1 heterocycles. The normalized spacial score (nSPS) is 10.4. The third kappa shape index (κ3) is 2.23. The molecule has 1 aromatic heterocycles. The highest BCUT2D eigenvalue weighted by Gasteiger charge is 2.08. The number of benzene rings is 1. The van der Waals surface area contributed by atoms with Gasteiger partial charge < -0.3 is 14.9 Å². The lowest BCUT2D eigenvalue weighted by Gasteiger charge is -2.09. The molecule has 0 unspecified atom stereocenters. The van der Waals surface area contributed by atoms with Crippen LogP contribution in [0.15, 0.2) is 41.0 Å². The highest BCUT2D eigenvalue weighted by atomic mass is 19.1. The van der Waals surface area contributed by atoms with E-state index in [1.807, 2.05) is 0 Å². The zero-order valence-electron chi connectivity index (χ0n) is 8.65. The maximum absolute atomic E-state index is 13.3. The Morgan fingerprint density at radius 3 is 2.81 bits per heavy atom. The fourth-order valence-corrected chi connectivity index (χ4v) is 1.42. The number of nitrogens with two attached hydrogens (primary N) is 1. The van der Waals surface area contributed by atoms with Crippen LogP contribution >= 0.6 is 0 Å². The molecule has 1 aromatic carbocycles. The smallest absolute Gasteiger partial charge is 0.146 e. The highest BCUT2D eigenvalue weighted by molar-refractivity contribution is 5.34. The van der Waals surface area contributed by atoms with Crippen molar-refractivity contribution in [3.63, 3.8) is 0 Å². The Balaban J connectivity index is 2.12. The Morgan fingerprint density at radius 2 is 2.12 bits per heavy atom. The van der Waals surface area contributed by atoms with Crippen LogP contribution in [0.2, 0.25) is 0 Å². The standard InChI is InChI=1S/C12H12FNO2/c13-11-4-1-5-12(10(11)7-14)16-8-9-3-2-6-15-9/h1-6H,7-8,14H2. The Kier molecular flexibility index (Phi) is 3.22. The van der Waals surface area contributed by atoms with Gasteiger partial charge in [-0.15, -0.1) is 0 Å². The largest absolute Gasteiger partial charge is 0.485 e. The van der Waals surface area contributed by atoms with E-state index in [2.05, 4.69) is 0 Å². The first-order valence-electron chi connectivity index (χ1n) is 4.94. The SMILES string of the molecule is NCc1c(F)cccc1OCc1ccco1. The Labute approximate surface area is 92.6 Å². The predicted octanol–water partition coefficient (Wildman–Crippen LogP) is 2.46. The molecule has 0 fully saturated rings. The minimum atomic E-state index is -0.348. The Hall–Kier alpha value is -1.81. The van der Waals surface area contributed by atoms with Gasteiger partial charge in [0.1, 0.15) is 23.9 Å². The first-order chi connectivity index (χ1) is 7.81. The van der Waals surface area contributed by atoms with Crippen molar-refractivity contribution in [2.45, 2.75) is 13.2 Å². The maximum Gasteiger partial charge on any atom is 0.146 e. The first kappa shape index (κ1) is 10.7. The van der Waals surface area contributed by atoms with Gasteiger partial charge in [-0.2, -0.15) is 0 Å². The minimum absolute atomic E-state index is 0.111. The highest BCUT2D eigenvalue weighted by Crippen LogP contribution is 2.21. The third-order valence-corrected chi connectivity index (χ3v) is 2.23. The lowest BCUT2D eigenvalue weighted by atomic mass is 10.2. The van der Waals surface area contributed by atoms with Crippen LogP contribution in [0.1, 0.15) is 11.3 Å². The molecule has 2 rings (SSSR count). The third-order valence-electron chi connectivity index (χ3n) is 2.23. The molecule has 84 valence electrons. The van der Waals surface area contributed by atoms with Crippen LogP contribution in [0.25, 0.3) is 0 Å². The quantitative estimate of drug-likeness (QED) is 0.862. The second kappa shape index (κ2) is 4.81. The van der Waals surface area contributed by atoms with E-state index >= 15 is 0 Å². The lowest BCUT2D eigenvalue weighted by molar-refractivity contribution is 0.266. The number of halogens is 1. The molecule has 0 bridgehead atoms. The molecule has 2 aromatic rings. The molecule has 0 saturated carbocycles. The van der Waals surface area contributed by atoms with Gasteiger partial charge in [0.05, 0.1) is 6.26 Å². The molecule has 0 atom stereocenters. The van der Waals surface area contributed by atoms with E-state index in [0.717, 1.165) is 0 Å². The van der Waals surface area contributed by atoms with Gasteiger partial charge in [-0.25, -0.2) is 4.39 Å². The van der Waals surface area contributed by atoms with Crippen LogP contribution in [0, 0.1) is 5.82 Å². The predicted molar refractivity (Wildman–Crippen MR) is 57.3 cm³/mol. The number of hydrogen-bond donors (Lipinski definition) is 1. The second-order valence-corrected chi connectivity index (χ2v) is 3.29. The Morgan fingerprint density at radius 1 is 1.25 bits per heavy atom. The molecule has 2 N–H and O–H groups in total. The van der Waals surface area contributed by atoms with Crippen molar-refractivity contribution in [2.24, 2.45) is 5.73 Å². The van der Waals surface area contributed by atoms with Crippen LogP contribution in [-0.2, 0) is 13.2 Å². The summed E-state index contributed by atoms with van der Waals surface area (Å²) in [4.78, 5) is 0. The van der Waals surface area contributed by atoms with E-state index in [-0.39, 0.29) is 19.0 Å². The van der Waals surface area contributed by atoms with Crippen molar-refractivity contribution in [2.75, 3.05) is 0 Å².